The van der Waals surface area contributed by atoms with E-state index >= 15 is 0 Å². The van der Waals surface area contributed by atoms with Crippen LogP contribution in [0.3, 0.4) is 0 Å². The second kappa shape index (κ2) is 7.08. The lowest BCUT2D eigenvalue weighted by Gasteiger charge is -2.14. The molecule has 3 aromatic heterocycles. The Hall–Kier alpha value is -3.62. The molecule has 5 rings (SSSR count). The van der Waals surface area contributed by atoms with Gasteiger partial charge in [0.15, 0.2) is 5.82 Å². The molecule has 5 N–H and O–H groups in total. The summed E-state index contributed by atoms with van der Waals surface area (Å²) in [7, 11) is 0. The average Bonchev–Trinajstić information content (AvgIpc) is 3.18. The number of aromatic amines is 3. The SMILES string of the molecule is Cc1cc(Nc2nc(Nc3ccc4c(=O)[nH][nH]c4c3)nc3c2CCCCC3)n[nH]1. The van der Waals surface area contributed by atoms with Gasteiger partial charge in [-0.1, -0.05) is 6.42 Å². The molecular weight excluding hydrogens is 368 g/mol. The van der Waals surface area contributed by atoms with Crippen molar-refractivity contribution in [2.75, 3.05) is 10.6 Å². The Bertz CT molecular complexity index is 1230. The van der Waals surface area contributed by atoms with Crippen LogP contribution in [-0.2, 0) is 12.8 Å². The molecule has 9 heteroatoms. The van der Waals surface area contributed by atoms with E-state index in [1.165, 1.54) is 12.0 Å². The van der Waals surface area contributed by atoms with Gasteiger partial charge in [0.2, 0.25) is 5.95 Å². The fraction of sp³-hybridized carbons (Fsp3) is 0.300. The molecule has 0 saturated carbocycles. The highest BCUT2D eigenvalue weighted by Crippen LogP contribution is 2.29. The Morgan fingerprint density at radius 2 is 1.90 bits per heavy atom. The molecule has 4 aromatic rings. The average molecular weight is 390 g/mol. The highest BCUT2D eigenvalue weighted by Gasteiger charge is 2.18. The summed E-state index contributed by atoms with van der Waals surface area (Å²) in [6.45, 7) is 1.97. The van der Waals surface area contributed by atoms with Crippen molar-refractivity contribution in [3.8, 4) is 0 Å². The van der Waals surface area contributed by atoms with E-state index in [1.807, 2.05) is 25.1 Å². The monoisotopic (exact) mass is 390 g/mol. The summed E-state index contributed by atoms with van der Waals surface area (Å²) in [5.41, 5.74) is 4.64. The van der Waals surface area contributed by atoms with Crippen molar-refractivity contribution < 1.29 is 0 Å². The van der Waals surface area contributed by atoms with Crippen molar-refractivity contribution >= 4 is 34.2 Å². The molecule has 0 fully saturated rings. The van der Waals surface area contributed by atoms with Gasteiger partial charge in [-0.2, -0.15) is 10.1 Å². The van der Waals surface area contributed by atoms with Crippen molar-refractivity contribution in [1.82, 2.24) is 30.4 Å². The molecule has 1 aliphatic carbocycles. The van der Waals surface area contributed by atoms with Gasteiger partial charge in [0.05, 0.1) is 16.6 Å². The van der Waals surface area contributed by atoms with E-state index in [0.29, 0.717) is 11.3 Å². The zero-order valence-corrected chi connectivity index (χ0v) is 16.1. The van der Waals surface area contributed by atoms with E-state index in [1.54, 1.807) is 6.07 Å². The topological polar surface area (TPSA) is 127 Å². The van der Waals surface area contributed by atoms with Crippen molar-refractivity contribution in [2.24, 2.45) is 0 Å². The number of benzene rings is 1. The molecule has 0 bridgehead atoms. The molecule has 0 atom stereocenters. The Morgan fingerprint density at radius 3 is 2.76 bits per heavy atom. The molecule has 0 spiro atoms. The maximum atomic E-state index is 11.7. The number of aryl methyl sites for hydroxylation is 2. The van der Waals surface area contributed by atoms with E-state index in [9.17, 15) is 4.79 Å². The first-order valence-corrected chi connectivity index (χ1v) is 9.82. The van der Waals surface area contributed by atoms with Crippen LogP contribution >= 0.6 is 0 Å². The molecule has 29 heavy (non-hydrogen) atoms. The third-order valence-corrected chi connectivity index (χ3v) is 5.22. The van der Waals surface area contributed by atoms with Crippen LogP contribution in [0.4, 0.5) is 23.3 Å². The molecule has 0 radical (unpaired) electrons. The van der Waals surface area contributed by atoms with Crippen molar-refractivity contribution in [1.29, 1.82) is 0 Å². The van der Waals surface area contributed by atoms with E-state index in [4.69, 9.17) is 9.97 Å². The summed E-state index contributed by atoms with van der Waals surface area (Å²) in [5, 5.41) is 20.0. The zero-order valence-electron chi connectivity index (χ0n) is 16.1. The fourth-order valence-electron chi connectivity index (χ4n) is 3.78. The normalized spacial score (nSPS) is 13.8. The summed E-state index contributed by atoms with van der Waals surface area (Å²) < 4.78 is 0. The number of anilines is 4. The lowest BCUT2D eigenvalue weighted by atomic mass is 10.1. The lowest BCUT2D eigenvalue weighted by Crippen LogP contribution is -2.09. The Kier molecular flexibility index (Phi) is 4.27. The summed E-state index contributed by atoms with van der Waals surface area (Å²) in [6.07, 6.45) is 5.34. The van der Waals surface area contributed by atoms with Crippen LogP contribution < -0.4 is 16.2 Å². The van der Waals surface area contributed by atoms with Gasteiger partial charge in [-0.3, -0.25) is 20.1 Å². The molecule has 9 nitrogen and oxygen atoms in total. The Morgan fingerprint density at radius 1 is 1.00 bits per heavy atom. The van der Waals surface area contributed by atoms with Crippen LogP contribution in [0.1, 0.15) is 36.2 Å². The van der Waals surface area contributed by atoms with Crippen LogP contribution in [-0.4, -0.2) is 30.4 Å². The van der Waals surface area contributed by atoms with Crippen molar-refractivity contribution in [3.63, 3.8) is 0 Å². The summed E-state index contributed by atoms with van der Waals surface area (Å²) in [4.78, 5) is 21.2. The number of fused-ring (bicyclic) bond motifs is 2. The molecule has 1 aromatic carbocycles. The number of nitrogens with one attached hydrogen (secondary N) is 5. The van der Waals surface area contributed by atoms with E-state index < -0.39 is 0 Å². The van der Waals surface area contributed by atoms with Gasteiger partial charge in [0, 0.05) is 23.0 Å². The Balaban J connectivity index is 1.52. The van der Waals surface area contributed by atoms with Crippen LogP contribution in [0, 0.1) is 6.92 Å². The number of H-pyrrole nitrogens is 3. The number of nitrogens with zero attached hydrogens (tertiary/aromatic N) is 3. The van der Waals surface area contributed by atoms with Gasteiger partial charge in [-0.05, 0) is 50.8 Å². The minimum absolute atomic E-state index is 0.131. The molecule has 0 aliphatic heterocycles. The molecule has 1 aliphatic rings. The fourth-order valence-corrected chi connectivity index (χ4v) is 3.78. The Labute approximate surface area is 166 Å². The summed E-state index contributed by atoms with van der Waals surface area (Å²) in [5.74, 6) is 2.06. The van der Waals surface area contributed by atoms with E-state index in [2.05, 4.69) is 31.0 Å². The first kappa shape index (κ1) is 17.5. The lowest BCUT2D eigenvalue weighted by molar-refractivity contribution is 0.709. The molecule has 148 valence electrons. The largest absolute Gasteiger partial charge is 0.324 e. The second-order valence-corrected chi connectivity index (χ2v) is 7.41. The predicted octanol–water partition coefficient (Wildman–Crippen LogP) is 3.43. The number of rotatable bonds is 4. The maximum Gasteiger partial charge on any atom is 0.271 e. The quantitative estimate of drug-likeness (QED) is 0.340. The zero-order chi connectivity index (χ0) is 19.8. The third kappa shape index (κ3) is 3.46. The van der Waals surface area contributed by atoms with Crippen LogP contribution in [0.5, 0.6) is 0 Å². The highest BCUT2D eigenvalue weighted by atomic mass is 16.1. The van der Waals surface area contributed by atoms with Crippen molar-refractivity contribution in [2.45, 2.75) is 39.0 Å². The molecular formula is C20H22N8O. The van der Waals surface area contributed by atoms with Gasteiger partial charge in [0.1, 0.15) is 5.82 Å². The van der Waals surface area contributed by atoms with Gasteiger partial charge in [-0.25, -0.2) is 4.98 Å². The van der Waals surface area contributed by atoms with Gasteiger partial charge < -0.3 is 10.6 Å². The van der Waals surface area contributed by atoms with Gasteiger partial charge in [0.25, 0.3) is 5.56 Å². The molecule has 0 saturated heterocycles. The van der Waals surface area contributed by atoms with Crippen LogP contribution in [0.2, 0.25) is 0 Å². The number of aromatic nitrogens is 6. The second-order valence-electron chi connectivity index (χ2n) is 7.41. The first-order valence-electron chi connectivity index (χ1n) is 9.82. The minimum atomic E-state index is -0.131. The van der Waals surface area contributed by atoms with Gasteiger partial charge >= 0.3 is 0 Å². The molecule has 0 unspecified atom stereocenters. The number of hydrogen-bond donors (Lipinski definition) is 5. The van der Waals surface area contributed by atoms with Crippen LogP contribution in [0.25, 0.3) is 10.9 Å². The smallest absolute Gasteiger partial charge is 0.271 e. The minimum Gasteiger partial charge on any atom is -0.324 e. The van der Waals surface area contributed by atoms with E-state index in [-0.39, 0.29) is 5.56 Å². The predicted molar refractivity (Wildman–Crippen MR) is 112 cm³/mol. The number of hydrogen-bond acceptors (Lipinski definition) is 6. The standard InChI is InChI=1S/C20H22N8O/c1-11-9-17(27-25-11)23-18-13-5-3-2-4-6-15(13)22-20(24-18)21-12-7-8-14-16(10-12)26-28-19(14)29/h7-10H,2-6H2,1H3,(H2,26,28,29)(H3,21,22,23,24,25,27). The third-order valence-electron chi connectivity index (χ3n) is 5.22. The van der Waals surface area contributed by atoms with E-state index in [0.717, 1.165) is 59.9 Å². The highest BCUT2D eigenvalue weighted by molar-refractivity contribution is 5.82. The molecule has 0 amide bonds. The van der Waals surface area contributed by atoms with Gasteiger partial charge in [-0.15, -0.1) is 0 Å². The summed E-state index contributed by atoms with van der Waals surface area (Å²) in [6, 6.07) is 7.45. The van der Waals surface area contributed by atoms with Crippen molar-refractivity contribution in [3.05, 3.63) is 51.6 Å². The van der Waals surface area contributed by atoms with Crippen LogP contribution in [0.15, 0.2) is 29.1 Å². The summed E-state index contributed by atoms with van der Waals surface area (Å²) >= 11 is 0. The molecule has 3 heterocycles. The maximum absolute atomic E-state index is 11.7. The first-order chi connectivity index (χ1) is 14.2.